The van der Waals surface area contributed by atoms with E-state index in [4.69, 9.17) is 4.74 Å². The Morgan fingerprint density at radius 1 is 1.15 bits per heavy atom. The Kier molecular flexibility index (Phi) is 4.76. The van der Waals surface area contributed by atoms with Crippen LogP contribution in [-0.4, -0.2) is 16.9 Å². The molecule has 1 saturated carbocycles. The first-order chi connectivity index (χ1) is 13.2. The summed E-state index contributed by atoms with van der Waals surface area (Å²) in [5, 5.41) is 10.4. The second-order valence-electron chi connectivity index (χ2n) is 6.84. The predicted molar refractivity (Wildman–Crippen MR) is 106 cm³/mol. The number of para-hydroxylation sites is 1. The van der Waals surface area contributed by atoms with Gasteiger partial charge in [-0.05, 0) is 55.5 Å². The fourth-order valence-corrected chi connectivity index (χ4v) is 3.60. The third-order valence-corrected chi connectivity index (χ3v) is 4.97. The van der Waals surface area contributed by atoms with Gasteiger partial charge in [-0.2, -0.15) is 5.26 Å². The minimum atomic E-state index is -0.280. The van der Waals surface area contributed by atoms with E-state index in [0.717, 1.165) is 35.1 Å². The summed E-state index contributed by atoms with van der Waals surface area (Å²) >= 11 is 0. The number of aromatic amines is 1. The largest absolute Gasteiger partial charge is 0.490 e. The van der Waals surface area contributed by atoms with E-state index < -0.39 is 0 Å². The fraction of sp³-hybridized carbons (Fsp3) is 0.217. The first-order valence-electron chi connectivity index (χ1n) is 9.24. The summed E-state index contributed by atoms with van der Waals surface area (Å²) in [6.07, 6.45) is 8.16. The van der Waals surface area contributed by atoms with Crippen LogP contribution in [0.5, 0.6) is 5.75 Å². The van der Waals surface area contributed by atoms with E-state index in [0.29, 0.717) is 5.56 Å². The topological polar surface area (TPSA) is 65.9 Å². The number of Topliss-reactive ketones (excluding diaryl/α,β-unsaturated/α-hetero) is 1. The second kappa shape index (κ2) is 7.51. The van der Waals surface area contributed by atoms with Crippen molar-refractivity contribution in [3.05, 3.63) is 71.4 Å². The summed E-state index contributed by atoms with van der Waals surface area (Å²) in [5.41, 5.74) is 2.29. The summed E-state index contributed by atoms with van der Waals surface area (Å²) in [5.74, 6) is 0.504. The summed E-state index contributed by atoms with van der Waals surface area (Å²) in [6.45, 7) is 0. The highest BCUT2D eigenvalue weighted by atomic mass is 16.5. The van der Waals surface area contributed by atoms with Crippen LogP contribution in [0.4, 0.5) is 0 Å². The molecule has 4 rings (SSSR count). The van der Waals surface area contributed by atoms with Crippen LogP contribution in [0.25, 0.3) is 17.0 Å². The molecule has 0 unspecified atom stereocenters. The third-order valence-electron chi connectivity index (χ3n) is 4.97. The summed E-state index contributed by atoms with van der Waals surface area (Å²) < 4.78 is 6.02. The van der Waals surface area contributed by atoms with Gasteiger partial charge >= 0.3 is 0 Å². The molecule has 0 radical (unpaired) electrons. The zero-order valence-corrected chi connectivity index (χ0v) is 14.9. The van der Waals surface area contributed by atoms with Gasteiger partial charge in [0.25, 0.3) is 0 Å². The number of H-pyrrole nitrogens is 1. The maximum Gasteiger partial charge on any atom is 0.205 e. The van der Waals surface area contributed by atoms with Crippen molar-refractivity contribution in [3.8, 4) is 11.8 Å². The number of carbonyl (C=O) groups excluding carboxylic acids is 1. The van der Waals surface area contributed by atoms with Gasteiger partial charge in [-0.25, -0.2) is 0 Å². The highest BCUT2D eigenvalue weighted by Crippen LogP contribution is 2.26. The van der Waals surface area contributed by atoms with E-state index in [-0.39, 0.29) is 17.5 Å². The molecule has 27 heavy (non-hydrogen) atoms. The quantitative estimate of drug-likeness (QED) is 0.384. The molecular weight excluding hydrogens is 336 g/mol. The first kappa shape index (κ1) is 17.1. The number of rotatable bonds is 5. The van der Waals surface area contributed by atoms with Crippen LogP contribution in [0.15, 0.2) is 60.3 Å². The van der Waals surface area contributed by atoms with Crippen molar-refractivity contribution in [2.75, 3.05) is 0 Å². The third kappa shape index (κ3) is 3.63. The summed E-state index contributed by atoms with van der Waals surface area (Å²) in [4.78, 5) is 16.0. The van der Waals surface area contributed by atoms with Crippen LogP contribution in [0.1, 0.15) is 41.6 Å². The number of nitrogens with zero attached hydrogens (tertiary/aromatic N) is 1. The van der Waals surface area contributed by atoms with Gasteiger partial charge in [0, 0.05) is 22.7 Å². The number of fused-ring (bicyclic) bond motifs is 1. The second-order valence-corrected chi connectivity index (χ2v) is 6.84. The molecule has 1 aliphatic carbocycles. The number of carbonyl (C=O) groups is 1. The molecule has 0 atom stereocenters. The van der Waals surface area contributed by atoms with E-state index in [1.165, 1.54) is 12.8 Å². The van der Waals surface area contributed by atoms with Crippen molar-refractivity contribution in [2.24, 2.45) is 0 Å². The Morgan fingerprint density at radius 2 is 1.96 bits per heavy atom. The molecule has 1 fully saturated rings. The number of hydrogen-bond acceptors (Lipinski definition) is 3. The number of ketones is 1. The molecule has 0 saturated heterocycles. The van der Waals surface area contributed by atoms with Gasteiger partial charge in [-0.15, -0.1) is 0 Å². The number of nitrogens with one attached hydrogen (secondary N) is 1. The van der Waals surface area contributed by atoms with Crippen molar-refractivity contribution in [1.29, 1.82) is 5.26 Å². The van der Waals surface area contributed by atoms with Crippen molar-refractivity contribution in [1.82, 2.24) is 4.98 Å². The molecule has 0 spiro atoms. The van der Waals surface area contributed by atoms with E-state index in [2.05, 4.69) is 11.1 Å². The van der Waals surface area contributed by atoms with Gasteiger partial charge in [0.2, 0.25) is 5.78 Å². The molecule has 1 heterocycles. The molecule has 4 nitrogen and oxygen atoms in total. The standard InChI is InChI=1S/C23H20N2O2/c24-14-17(23(26)21-15-25-22-11-4-3-10-20(21)22)12-16-6-5-9-19(13-16)27-18-7-1-2-8-18/h3-6,9-13,15,18,25H,1-2,7-8H2/b17-12+. The van der Waals surface area contributed by atoms with E-state index in [1.54, 1.807) is 12.3 Å². The fourth-order valence-electron chi connectivity index (χ4n) is 3.60. The Bertz CT molecular complexity index is 1050. The lowest BCUT2D eigenvalue weighted by Gasteiger charge is -2.13. The molecule has 0 amide bonds. The van der Waals surface area contributed by atoms with Gasteiger partial charge in [0.1, 0.15) is 17.4 Å². The van der Waals surface area contributed by atoms with Crippen molar-refractivity contribution < 1.29 is 9.53 Å². The lowest BCUT2D eigenvalue weighted by Crippen LogP contribution is -2.10. The van der Waals surface area contributed by atoms with Crippen molar-refractivity contribution in [2.45, 2.75) is 31.8 Å². The zero-order valence-electron chi connectivity index (χ0n) is 14.9. The number of hydrogen-bond donors (Lipinski definition) is 1. The molecule has 2 aromatic carbocycles. The number of ether oxygens (including phenoxy) is 1. The van der Waals surface area contributed by atoms with E-state index in [9.17, 15) is 10.1 Å². The minimum Gasteiger partial charge on any atom is -0.490 e. The summed E-state index contributed by atoms with van der Waals surface area (Å²) in [6, 6.07) is 17.2. The number of benzene rings is 2. The summed E-state index contributed by atoms with van der Waals surface area (Å²) in [7, 11) is 0. The van der Waals surface area contributed by atoms with E-state index >= 15 is 0 Å². The van der Waals surface area contributed by atoms with Crippen LogP contribution in [0, 0.1) is 11.3 Å². The Balaban J connectivity index is 1.61. The highest BCUT2D eigenvalue weighted by Gasteiger charge is 2.18. The lowest BCUT2D eigenvalue weighted by atomic mass is 10.0. The van der Waals surface area contributed by atoms with Gasteiger partial charge in [0.15, 0.2) is 0 Å². The maximum atomic E-state index is 12.9. The lowest BCUT2D eigenvalue weighted by molar-refractivity contribution is 0.104. The Hall–Kier alpha value is -3.32. The van der Waals surface area contributed by atoms with Crippen LogP contribution in [-0.2, 0) is 0 Å². The molecule has 3 aromatic rings. The molecule has 0 bridgehead atoms. The average molecular weight is 356 g/mol. The number of aromatic nitrogens is 1. The molecular formula is C23H20N2O2. The van der Waals surface area contributed by atoms with Gasteiger partial charge < -0.3 is 9.72 Å². The van der Waals surface area contributed by atoms with E-state index in [1.807, 2.05) is 48.5 Å². The van der Waals surface area contributed by atoms with Gasteiger partial charge in [0.05, 0.1) is 6.10 Å². The number of nitriles is 1. The normalized spacial score (nSPS) is 15.0. The molecule has 134 valence electrons. The van der Waals surface area contributed by atoms with Gasteiger partial charge in [-0.3, -0.25) is 4.79 Å². The molecule has 1 N–H and O–H groups in total. The van der Waals surface area contributed by atoms with Crippen molar-refractivity contribution >= 4 is 22.8 Å². The zero-order chi connectivity index (χ0) is 18.6. The average Bonchev–Trinajstić information content (AvgIpc) is 3.35. The van der Waals surface area contributed by atoms with Crippen LogP contribution in [0.3, 0.4) is 0 Å². The maximum absolute atomic E-state index is 12.9. The minimum absolute atomic E-state index is 0.109. The highest BCUT2D eigenvalue weighted by molar-refractivity contribution is 6.19. The van der Waals surface area contributed by atoms with Gasteiger partial charge in [-0.1, -0.05) is 30.3 Å². The monoisotopic (exact) mass is 356 g/mol. The number of allylic oxidation sites excluding steroid dienone is 1. The van der Waals surface area contributed by atoms with Crippen molar-refractivity contribution in [3.63, 3.8) is 0 Å². The molecule has 0 aliphatic heterocycles. The first-order valence-corrected chi connectivity index (χ1v) is 9.24. The SMILES string of the molecule is N#C/C(=C\c1cccc(OC2CCCC2)c1)C(=O)c1c[nH]c2ccccc12. The van der Waals surface area contributed by atoms with Crippen LogP contribution >= 0.6 is 0 Å². The Morgan fingerprint density at radius 3 is 2.78 bits per heavy atom. The Labute approximate surface area is 158 Å². The predicted octanol–water partition coefficient (Wildman–Crippen LogP) is 5.28. The van der Waals surface area contributed by atoms with Crippen LogP contribution in [0.2, 0.25) is 0 Å². The smallest absolute Gasteiger partial charge is 0.205 e. The van der Waals surface area contributed by atoms with Crippen LogP contribution < -0.4 is 4.74 Å². The molecule has 1 aromatic heterocycles. The molecule has 1 aliphatic rings. The molecule has 4 heteroatoms.